The van der Waals surface area contributed by atoms with Crippen molar-refractivity contribution in [2.24, 2.45) is 11.7 Å². The van der Waals surface area contributed by atoms with Crippen LogP contribution < -0.4 is 11.1 Å². The Bertz CT molecular complexity index is 375. The van der Waals surface area contributed by atoms with Crippen molar-refractivity contribution in [3.05, 3.63) is 30.1 Å². The van der Waals surface area contributed by atoms with E-state index in [2.05, 4.69) is 17.2 Å². The Morgan fingerprint density at radius 2 is 2.20 bits per heavy atom. The Kier molecular flexibility index (Phi) is 7.88. The van der Waals surface area contributed by atoms with Crippen molar-refractivity contribution in [1.29, 1.82) is 0 Å². The van der Waals surface area contributed by atoms with Crippen molar-refractivity contribution in [3.63, 3.8) is 0 Å². The zero-order valence-corrected chi connectivity index (χ0v) is 12.6. The first-order chi connectivity index (χ1) is 9.67. The van der Waals surface area contributed by atoms with Gasteiger partial charge in [0.25, 0.3) is 0 Å². The molecule has 1 rings (SSSR count). The van der Waals surface area contributed by atoms with Crippen LogP contribution in [0.25, 0.3) is 0 Å². The van der Waals surface area contributed by atoms with E-state index in [4.69, 9.17) is 5.73 Å². The molecule has 1 aromatic rings. The molecule has 1 heterocycles. The predicted molar refractivity (Wildman–Crippen MR) is 82.1 cm³/mol. The molecule has 4 nitrogen and oxygen atoms in total. The highest BCUT2D eigenvalue weighted by Gasteiger charge is 2.12. The van der Waals surface area contributed by atoms with E-state index in [9.17, 15) is 4.79 Å². The summed E-state index contributed by atoms with van der Waals surface area (Å²) >= 11 is 0. The standard InChI is InChI=1S/C16H27N3O/c1-3-5-14(9-10-17)7-8-16(20)19-13(2)15-6-4-11-18-12-15/h4,6,11-14H,3,5,7-10,17H2,1-2H3,(H,19,20)/t13-,14?/m0/s1. The number of carbonyl (C=O) groups is 1. The summed E-state index contributed by atoms with van der Waals surface area (Å²) in [5.74, 6) is 0.684. The zero-order chi connectivity index (χ0) is 14.8. The number of nitrogens with zero attached hydrogens (tertiary/aromatic N) is 1. The molecule has 2 atom stereocenters. The molecule has 4 heteroatoms. The highest BCUT2D eigenvalue weighted by atomic mass is 16.1. The van der Waals surface area contributed by atoms with Gasteiger partial charge in [-0.15, -0.1) is 0 Å². The smallest absolute Gasteiger partial charge is 0.220 e. The van der Waals surface area contributed by atoms with Gasteiger partial charge >= 0.3 is 0 Å². The second-order valence-corrected chi connectivity index (χ2v) is 5.35. The summed E-state index contributed by atoms with van der Waals surface area (Å²) in [5.41, 5.74) is 6.65. The summed E-state index contributed by atoms with van der Waals surface area (Å²) in [5, 5.41) is 3.03. The van der Waals surface area contributed by atoms with Crippen LogP contribution in [0.4, 0.5) is 0 Å². The largest absolute Gasteiger partial charge is 0.350 e. The number of amides is 1. The normalized spacial score (nSPS) is 13.8. The zero-order valence-electron chi connectivity index (χ0n) is 12.6. The third-order valence-electron chi connectivity index (χ3n) is 3.61. The van der Waals surface area contributed by atoms with Gasteiger partial charge in [-0.25, -0.2) is 0 Å². The molecule has 0 fully saturated rings. The van der Waals surface area contributed by atoms with Crippen LogP contribution >= 0.6 is 0 Å². The van der Waals surface area contributed by atoms with Gasteiger partial charge in [0.2, 0.25) is 5.91 Å². The molecule has 0 aliphatic carbocycles. The number of rotatable bonds is 9. The molecule has 1 unspecified atom stereocenters. The molecule has 112 valence electrons. The molecule has 0 aliphatic rings. The second kappa shape index (κ2) is 9.48. The summed E-state index contributed by atoms with van der Waals surface area (Å²) in [6, 6.07) is 3.87. The van der Waals surface area contributed by atoms with Gasteiger partial charge in [0.05, 0.1) is 6.04 Å². The maximum atomic E-state index is 12.0. The van der Waals surface area contributed by atoms with Crippen molar-refractivity contribution in [2.75, 3.05) is 6.54 Å². The molecule has 1 aromatic heterocycles. The third kappa shape index (κ3) is 6.15. The number of carbonyl (C=O) groups excluding carboxylic acids is 1. The van der Waals surface area contributed by atoms with E-state index < -0.39 is 0 Å². The molecule has 1 amide bonds. The molecule has 0 saturated heterocycles. The van der Waals surface area contributed by atoms with Gasteiger partial charge in [0, 0.05) is 18.8 Å². The molecular formula is C16H27N3O. The van der Waals surface area contributed by atoms with Crippen molar-refractivity contribution >= 4 is 5.91 Å². The molecule has 3 N–H and O–H groups in total. The molecule has 0 radical (unpaired) electrons. The van der Waals surface area contributed by atoms with E-state index in [-0.39, 0.29) is 11.9 Å². The highest BCUT2D eigenvalue weighted by molar-refractivity contribution is 5.76. The molecule has 0 bridgehead atoms. The fraction of sp³-hybridized carbons (Fsp3) is 0.625. The fourth-order valence-corrected chi connectivity index (χ4v) is 2.44. The first kappa shape index (κ1) is 16.6. The van der Waals surface area contributed by atoms with Crippen LogP contribution in [0.2, 0.25) is 0 Å². The predicted octanol–water partition coefficient (Wildman–Crippen LogP) is 2.80. The summed E-state index contributed by atoms with van der Waals surface area (Å²) in [6.07, 6.45) is 8.35. The Balaban J connectivity index is 2.35. The first-order valence-corrected chi connectivity index (χ1v) is 7.56. The topological polar surface area (TPSA) is 68.0 Å². The maximum Gasteiger partial charge on any atom is 0.220 e. The second-order valence-electron chi connectivity index (χ2n) is 5.35. The minimum absolute atomic E-state index is 0.00957. The lowest BCUT2D eigenvalue weighted by molar-refractivity contribution is -0.122. The van der Waals surface area contributed by atoms with Gasteiger partial charge in [0.1, 0.15) is 0 Å². The van der Waals surface area contributed by atoms with Gasteiger partial charge in [0.15, 0.2) is 0 Å². The third-order valence-corrected chi connectivity index (χ3v) is 3.61. The minimum atomic E-state index is 0.00957. The van der Waals surface area contributed by atoms with Crippen LogP contribution in [-0.4, -0.2) is 17.4 Å². The lowest BCUT2D eigenvalue weighted by atomic mass is 9.94. The van der Waals surface area contributed by atoms with E-state index in [1.165, 1.54) is 0 Å². The quantitative estimate of drug-likeness (QED) is 0.729. The lowest BCUT2D eigenvalue weighted by Crippen LogP contribution is -2.27. The van der Waals surface area contributed by atoms with E-state index in [0.29, 0.717) is 18.9 Å². The van der Waals surface area contributed by atoms with Crippen molar-refractivity contribution in [3.8, 4) is 0 Å². The highest BCUT2D eigenvalue weighted by Crippen LogP contribution is 2.17. The summed E-state index contributed by atoms with van der Waals surface area (Å²) in [6.45, 7) is 4.87. The number of nitrogens with one attached hydrogen (secondary N) is 1. The number of pyridine rings is 1. The monoisotopic (exact) mass is 277 g/mol. The molecule has 0 saturated carbocycles. The number of nitrogens with two attached hydrogens (primary N) is 1. The molecular weight excluding hydrogens is 250 g/mol. The Morgan fingerprint density at radius 1 is 1.40 bits per heavy atom. The summed E-state index contributed by atoms with van der Waals surface area (Å²) in [4.78, 5) is 16.0. The van der Waals surface area contributed by atoms with Gasteiger partial charge in [-0.3, -0.25) is 9.78 Å². The van der Waals surface area contributed by atoms with E-state index >= 15 is 0 Å². The first-order valence-electron chi connectivity index (χ1n) is 7.56. The lowest BCUT2D eigenvalue weighted by Gasteiger charge is -2.17. The fourth-order valence-electron chi connectivity index (χ4n) is 2.44. The Labute approximate surface area is 122 Å². The van der Waals surface area contributed by atoms with Gasteiger partial charge in [-0.1, -0.05) is 25.8 Å². The molecule has 0 spiro atoms. The SMILES string of the molecule is CCCC(CCN)CCC(=O)N[C@@H](C)c1cccnc1. The van der Waals surface area contributed by atoms with Gasteiger partial charge in [-0.05, 0) is 43.9 Å². The van der Waals surface area contributed by atoms with E-state index in [0.717, 1.165) is 31.2 Å². The van der Waals surface area contributed by atoms with Crippen molar-refractivity contribution < 1.29 is 4.79 Å². The number of hydrogen-bond acceptors (Lipinski definition) is 3. The van der Waals surface area contributed by atoms with E-state index in [1.54, 1.807) is 12.4 Å². The van der Waals surface area contributed by atoms with Crippen LogP contribution in [0.15, 0.2) is 24.5 Å². The van der Waals surface area contributed by atoms with Crippen LogP contribution in [0, 0.1) is 5.92 Å². The molecule has 20 heavy (non-hydrogen) atoms. The van der Waals surface area contributed by atoms with E-state index in [1.807, 2.05) is 19.1 Å². The van der Waals surface area contributed by atoms with Gasteiger partial charge < -0.3 is 11.1 Å². The average molecular weight is 277 g/mol. The van der Waals surface area contributed by atoms with Crippen LogP contribution in [-0.2, 0) is 4.79 Å². The summed E-state index contributed by atoms with van der Waals surface area (Å²) < 4.78 is 0. The summed E-state index contributed by atoms with van der Waals surface area (Å²) in [7, 11) is 0. The average Bonchev–Trinajstić information content (AvgIpc) is 2.46. The number of aromatic nitrogens is 1. The van der Waals surface area contributed by atoms with Crippen LogP contribution in [0.3, 0.4) is 0 Å². The Morgan fingerprint density at radius 3 is 2.80 bits per heavy atom. The van der Waals surface area contributed by atoms with Gasteiger partial charge in [-0.2, -0.15) is 0 Å². The maximum absolute atomic E-state index is 12.0. The molecule has 0 aromatic carbocycles. The Hall–Kier alpha value is -1.42. The molecule has 0 aliphatic heterocycles. The van der Waals surface area contributed by atoms with Crippen molar-refractivity contribution in [2.45, 2.75) is 52.0 Å². The minimum Gasteiger partial charge on any atom is -0.350 e. The number of hydrogen-bond donors (Lipinski definition) is 2. The van der Waals surface area contributed by atoms with Crippen LogP contribution in [0.1, 0.15) is 57.6 Å². The van der Waals surface area contributed by atoms with Crippen molar-refractivity contribution in [1.82, 2.24) is 10.3 Å². The van der Waals surface area contributed by atoms with Crippen LogP contribution in [0.5, 0.6) is 0 Å².